The minimum absolute atomic E-state index is 0.544. The van der Waals surface area contributed by atoms with Crippen LogP contribution in [0, 0.1) is 11.3 Å². The highest BCUT2D eigenvalue weighted by Gasteiger charge is 2.15. The standard InChI is InChI=1S/C11H23Cl.C7H16/c1-4-5-8-11(2,3)9-6-7-10-12;1-4-5-6-7(2)3/h4-10H2,1-3H3;7H,4-6H2,1-3H3. The average molecular weight is 291 g/mol. The van der Waals surface area contributed by atoms with Crippen LogP contribution in [0.15, 0.2) is 0 Å². The first-order chi connectivity index (χ1) is 8.89. The summed E-state index contributed by atoms with van der Waals surface area (Å²) in [5.41, 5.74) is 0.544. The van der Waals surface area contributed by atoms with E-state index in [0.717, 1.165) is 11.8 Å². The van der Waals surface area contributed by atoms with Gasteiger partial charge in [-0.3, -0.25) is 0 Å². The van der Waals surface area contributed by atoms with Gasteiger partial charge in [-0.1, -0.05) is 80.1 Å². The number of hydrogen-bond acceptors (Lipinski definition) is 0. The van der Waals surface area contributed by atoms with Crippen molar-refractivity contribution < 1.29 is 0 Å². The van der Waals surface area contributed by atoms with E-state index in [2.05, 4.69) is 41.5 Å². The first-order valence-corrected chi connectivity index (χ1v) is 8.99. The molecule has 0 aromatic carbocycles. The molecule has 0 nitrogen and oxygen atoms in total. The summed E-state index contributed by atoms with van der Waals surface area (Å²) in [6.07, 6.45) is 12.0. The summed E-state index contributed by atoms with van der Waals surface area (Å²) in [6.45, 7) is 13.8. The molecule has 0 aromatic heterocycles. The normalized spacial score (nSPS) is 11.4. The fraction of sp³-hybridized carbons (Fsp3) is 1.00. The molecule has 0 unspecified atom stereocenters. The van der Waals surface area contributed by atoms with E-state index in [1.54, 1.807) is 0 Å². The maximum Gasteiger partial charge on any atom is 0.0223 e. The quantitative estimate of drug-likeness (QED) is 0.289. The minimum atomic E-state index is 0.544. The zero-order valence-corrected chi connectivity index (χ0v) is 15.3. The number of hydrogen-bond donors (Lipinski definition) is 0. The van der Waals surface area contributed by atoms with Gasteiger partial charge in [-0.05, 0) is 30.6 Å². The van der Waals surface area contributed by atoms with E-state index in [9.17, 15) is 0 Å². The Bertz CT molecular complexity index is 161. The second-order valence-corrected chi connectivity index (χ2v) is 7.33. The zero-order valence-electron chi connectivity index (χ0n) is 14.5. The predicted molar refractivity (Wildman–Crippen MR) is 92.2 cm³/mol. The van der Waals surface area contributed by atoms with Gasteiger partial charge in [-0.15, -0.1) is 11.6 Å². The Balaban J connectivity index is 0. The second-order valence-electron chi connectivity index (χ2n) is 6.95. The van der Waals surface area contributed by atoms with E-state index < -0.39 is 0 Å². The molecule has 0 bridgehead atoms. The lowest BCUT2D eigenvalue weighted by Crippen LogP contribution is -2.10. The Morgan fingerprint density at radius 2 is 1.37 bits per heavy atom. The van der Waals surface area contributed by atoms with Gasteiger partial charge in [-0.25, -0.2) is 0 Å². The topological polar surface area (TPSA) is 0 Å². The van der Waals surface area contributed by atoms with Gasteiger partial charge >= 0.3 is 0 Å². The lowest BCUT2D eigenvalue weighted by atomic mass is 9.82. The minimum Gasteiger partial charge on any atom is -0.127 e. The molecule has 0 rings (SSSR count). The Morgan fingerprint density at radius 3 is 1.74 bits per heavy atom. The number of unbranched alkanes of at least 4 members (excludes halogenated alkanes) is 3. The molecule has 19 heavy (non-hydrogen) atoms. The molecule has 0 radical (unpaired) electrons. The highest BCUT2D eigenvalue weighted by molar-refractivity contribution is 6.17. The largest absolute Gasteiger partial charge is 0.127 e. The van der Waals surface area contributed by atoms with Gasteiger partial charge in [0.1, 0.15) is 0 Å². The van der Waals surface area contributed by atoms with Crippen molar-refractivity contribution in [1.29, 1.82) is 0 Å². The summed E-state index contributed by atoms with van der Waals surface area (Å²) in [4.78, 5) is 0. The van der Waals surface area contributed by atoms with E-state index in [-0.39, 0.29) is 0 Å². The van der Waals surface area contributed by atoms with Crippen LogP contribution in [0.5, 0.6) is 0 Å². The van der Waals surface area contributed by atoms with Gasteiger partial charge in [-0.2, -0.15) is 0 Å². The molecular formula is C18H39Cl. The van der Waals surface area contributed by atoms with Crippen molar-refractivity contribution in [1.82, 2.24) is 0 Å². The monoisotopic (exact) mass is 290 g/mol. The number of halogens is 1. The molecule has 0 aliphatic rings. The molecule has 0 heterocycles. The van der Waals surface area contributed by atoms with Gasteiger partial charge in [0.15, 0.2) is 0 Å². The van der Waals surface area contributed by atoms with Crippen LogP contribution in [0.2, 0.25) is 0 Å². The summed E-state index contributed by atoms with van der Waals surface area (Å²) in [7, 11) is 0. The van der Waals surface area contributed by atoms with Gasteiger partial charge in [0.2, 0.25) is 0 Å². The van der Waals surface area contributed by atoms with Crippen molar-refractivity contribution in [2.75, 3.05) is 5.88 Å². The van der Waals surface area contributed by atoms with Crippen LogP contribution in [0.25, 0.3) is 0 Å². The molecule has 0 aliphatic carbocycles. The van der Waals surface area contributed by atoms with E-state index in [0.29, 0.717) is 5.41 Å². The van der Waals surface area contributed by atoms with Crippen LogP contribution >= 0.6 is 11.6 Å². The van der Waals surface area contributed by atoms with E-state index in [1.807, 2.05) is 0 Å². The lowest BCUT2D eigenvalue weighted by molar-refractivity contribution is 0.289. The fourth-order valence-corrected chi connectivity index (χ4v) is 2.28. The summed E-state index contributed by atoms with van der Waals surface area (Å²) in [5, 5.41) is 0. The molecule has 0 aromatic rings. The maximum atomic E-state index is 5.63. The molecular weight excluding hydrogens is 252 g/mol. The Kier molecular flexibility index (Phi) is 16.7. The molecule has 0 saturated heterocycles. The molecule has 0 fully saturated rings. The van der Waals surface area contributed by atoms with Gasteiger partial charge < -0.3 is 0 Å². The second kappa shape index (κ2) is 14.7. The van der Waals surface area contributed by atoms with E-state index in [1.165, 1.54) is 57.8 Å². The molecule has 0 atom stereocenters. The Morgan fingerprint density at radius 1 is 0.842 bits per heavy atom. The first-order valence-electron chi connectivity index (χ1n) is 8.45. The van der Waals surface area contributed by atoms with Gasteiger partial charge in [0.25, 0.3) is 0 Å². The van der Waals surface area contributed by atoms with Crippen LogP contribution < -0.4 is 0 Å². The molecule has 118 valence electrons. The van der Waals surface area contributed by atoms with Crippen molar-refractivity contribution in [2.24, 2.45) is 11.3 Å². The first kappa shape index (κ1) is 21.6. The van der Waals surface area contributed by atoms with Crippen molar-refractivity contribution in [2.45, 2.75) is 99.3 Å². The third-order valence-electron chi connectivity index (χ3n) is 3.58. The smallest absolute Gasteiger partial charge is 0.0223 e. The highest BCUT2D eigenvalue weighted by Crippen LogP contribution is 2.29. The van der Waals surface area contributed by atoms with Crippen molar-refractivity contribution in [3.8, 4) is 0 Å². The van der Waals surface area contributed by atoms with Crippen LogP contribution in [-0.4, -0.2) is 5.88 Å². The molecule has 0 aliphatic heterocycles. The summed E-state index contributed by atoms with van der Waals surface area (Å²) in [6, 6.07) is 0. The van der Waals surface area contributed by atoms with Gasteiger partial charge in [0, 0.05) is 5.88 Å². The third-order valence-corrected chi connectivity index (χ3v) is 3.85. The molecule has 0 N–H and O–H groups in total. The number of alkyl halides is 1. The Hall–Kier alpha value is 0.290. The van der Waals surface area contributed by atoms with Crippen molar-refractivity contribution >= 4 is 11.6 Å². The average Bonchev–Trinajstić information content (AvgIpc) is 2.35. The highest BCUT2D eigenvalue weighted by atomic mass is 35.5. The molecule has 0 spiro atoms. The fourth-order valence-electron chi connectivity index (χ4n) is 2.09. The van der Waals surface area contributed by atoms with E-state index in [4.69, 9.17) is 11.6 Å². The molecule has 0 amide bonds. The SMILES string of the molecule is CCCCC(C)(C)CCCCCl.CCCCC(C)C. The Labute approximate surface area is 128 Å². The van der Waals surface area contributed by atoms with Crippen molar-refractivity contribution in [3.63, 3.8) is 0 Å². The van der Waals surface area contributed by atoms with Crippen LogP contribution in [0.1, 0.15) is 99.3 Å². The van der Waals surface area contributed by atoms with Crippen LogP contribution in [-0.2, 0) is 0 Å². The predicted octanol–water partition coefficient (Wildman–Crippen LogP) is 7.44. The maximum absolute atomic E-state index is 5.63. The summed E-state index contributed by atoms with van der Waals surface area (Å²) < 4.78 is 0. The molecule has 0 saturated carbocycles. The third kappa shape index (κ3) is 20.8. The lowest BCUT2D eigenvalue weighted by Gasteiger charge is -2.24. The summed E-state index contributed by atoms with van der Waals surface area (Å²) >= 11 is 5.63. The zero-order chi connectivity index (χ0) is 15.1. The molecule has 1 heteroatoms. The summed E-state index contributed by atoms with van der Waals surface area (Å²) in [5.74, 6) is 1.73. The number of rotatable bonds is 10. The van der Waals surface area contributed by atoms with E-state index >= 15 is 0 Å². The van der Waals surface area contributed by atoms with Gasteiger partial charge in [0.05, 0.1) is 0 Å². The van der Waals surface area contributed by atoms with Crippen molar-refractivity contribution in [3.05, 3.63) is 0 Å². The van der Waals surface area contributed by atoms with Crippen LogP contribution in [0.3, 0.4) is 0 Å². The van der Waals surface area contributed by atoms with Crippen LogP contribution in [0.4, 0.5) is 0 Å².